The summed E-state index contributed by atoms with van der Waals surface area (Å²) in [6, 6.07) is 0.846. The van der Waals surface area contributed by atoms with Crippen LogP contribution in [-0.2, 0) is 14.1 Å². The number of rotatable bonds is 3. The summed E-state index contributed by atoms with van der Waals surface area (Å²) in [7, 11) is 2.85. The number of amides is 1. The van der Waals surface area contributed by atoms with Crippen LogP contribution >= 0.6 is 0 Å². The van der Waals surface area contributed by atoms with Crippen molar-refractivity contribution in [3.8, 4) is 0 Å². The van der Waals surface area contributed by atoms with Crippen molar-refractivity contribution in [2.75, 3.05) is 6.54 Å². The van der Waals surface area contributed by atoms with Gasteiger partial charge in [0.05, 0.1) is 0 Å². The molecule has 0 saturated carbocycles. The molecule has 2 aromatic rings. The summed E-state index contributed by atoms with van der Waals surface area (Å²) in [4.78, 5) is 42.9. The van der Waals surface area contributed by atoms with Gasteiger partial charge < -0.3 is 9.42 Å². The number of carbonyl (C=O) groups is 1. The molecule has 1 fully saturated rings. The molecule has 3 heterocycles. The van der Waals surface area contributed by atoms with Crippen molar-refractivity contribution >= 4 is 5.91 Å². The molecule has 25 heavy (non-hydrogen) atoms. The van der Waals surface area contributed by atoms with Crippen molar-refractivity contribution in [3.63, 3.8) is 0 Å². The van der Waals surface area contributed by atoms with Crippen LogP contribution in [0, 0.1) is 0 Å². The fourth-order valence-electron chi connectivity index (χ4n) is 2.97. The quantitative estimate of drug-likeness (QED) is 0.804. The van der Waals surface area contributed by atoms with E-state index in [1.54, 1.807) is 4.90 Å². The molecular formula is C16H21N5O4. The number of hydrogen-bond acceptors (Lipinski definition) is 6. The molecule has 9 heteroatoms. The minimum Gasteiger partial charge on any atom is -0.337 e. The Morgan fingerprint density at radius 1 is 1.28 bits per heavy atom. The smallest absolute Gasteiger partial charge is 0.331 e. The average molecular weight is 347 g/mol. The number of carbonyl (C=O) groups excluding carboxylic acids is 1. The zero-order chi connectivity index (χ0) is 18.3. The van der Waals surface area contributed by atoms with Gasteiger partial charge in [0.25, 0.3) is 11.5 Å². The summed E-state index contributed by atoms with van der Waals surface area (Å²) >= 11 is 0. The highest BCUT2D eigenvalue weighted by atomic mass is 16.5. The molecule has 1 aliphatic heterocycles. The Morgan fingerprint density at radius 3 is 2.64 bits per heavy atom. The summed E-state index contributed by atoms with van der Waals surface area (Å²) in [6.45, 7) is 4.43. The maximum Gasteiger partial charge on any atom is 0.331 e. The van der Waals surface area contributed by atoms with Gasteiger partial charge in [-0.3, -0.25) is 18.7 Å². The van der Waals surface area contributed by atoms with E-state index in [2.05, 4.69) is 10.1 Å². The van der Waals surface area contributed by atoms with E-state index in [0.29, 0.717) is 24.7 Å². The van der Waals surface area contributed by atoms with Crippen molar-refractivity contribution in [1.29, 1.82) is 0 Å². The lowest BCUT2D eigenvalue weighted by Gasteiger charge is -2.22. The summed E-state index contributed by atoms with van der Waals surface area (Å²) in [5, 5.41) is 3.95. The Hall–Kier alpha value is -2.71. The van der Waals surface area contributed by atoms with Crippen molar-refractivity contribution < 1.29 is 9.32 Å². The van der Waals surface area contributed by atoms with Gasteiger partial charge in [-0.1, -0.05) is 19.0 Å². The first kappa shape index (κ1) is 17.1. The van der Waals surface area contributed by atoms with E-state index < -0.39 is 11.2 Å². The normalized spacial score (nSPS) is 17.5. The van der Waals surface area contributed by atoms with E-state index >= 15 is 0 Å². The van der Waals surface area contributed by atoms with Crippen molar-refractivity contribution in [2.24, 2.45) is 14.1 Å². The maximum absolute atomic E-state index is 12.9. The molecule has 1 amide bonds. The van der Waals surface area contributed by atoms with E-state index in [0.717, 1.165) is 11.0 Å². The standard InChI is InChI=1S/C16H21N5O4/c1-9(2)13-17-14(25-18-13)10-6-5-7-21(10)15(23)11-8-12(22)20(4)16(24)19(11)3/h8-10H,5-7H2,1-4H3/t10-/m1/s1. The van der Waals surface area contributed by atoms with Gasteiger partial charge in [0, 0.05) is 32.6 Å². The highest BCUT2D eigenvalue weighted by molar-refractivity contribution is 5.92. The average Bonchev–Trinajstić information content (AvgIpc) is 3.23. The lowest BCUT2D eigenvalue weighted by molar-refractivity contribution is 0.0698. The van der Waals surface area contributed by atoms with Gasteiger partial charge in [0.1, 0.15) is 11.7 Å². The van der Waals surface area contributed by atoms with Gasteiger partial charge in [-0.25, -0.2) is 4.79 Å². The second-order valence-electron chi connectivity index (χ2n) is 6.57. The largest absolute Gasteiger partial charge is 0.337 e. The fourth-order valence-corrected chi connectivity index (χ4v) is 2.97. The van der Waals surface area contributed by atoms with Crippen LogP contribution in [0.2, 0.25) is 0 Å². The second kappa shape index (κ2) is 6.30. The Balaban J connectivity index is 1.96. The monoisotopic (exact) mass is 347 g/mol. The van der Waals surface area contributed by atoms with Crippen LogP contribution < -0.4 is 11.2 Å². The molecule has 0 aromatic carbocycles. The zero-order valence-corrected chi connectivity index (χ0v) is 14.7. The molecular weight excluding hydrogens is 326 g/mol. The number of nitrogens with zero attached hydrogens (tertiary/aromatic N) is 5. The maximum atomic E-state index is 12.9. The van der Waals surface area contributed by atoms with E-state index in [4.69, 9.17) is 4.52 Å². The van der Waals surface area contributed by atoms with Crippen LogP contribution in [0.15, 0.2) is 20.2 Å². The molecule has 134 valence electrons. The Kier molecular flexibility index (Phi) is 4.32. The third kappa shape index (κ3) is 2.90. The molecule has 1 saturated heterocycles. The van der Waals surface area contributed by atoms with Crippen molar-refractivity contribution in [2.45, 2.75) is 38.6 Å². The number of likely N-dealkylation sites (tertiary alicyclic amines) is 1. The van der Waals surface area contributed by atoms with Gasteiger partial charge >= 0.3 is 5.69 Å². The zero-order valence-electron chi connectivity index (χ0n) is 14.7. The molecule has 1 atom stereocenters. The molecule has 0 aliphatic carbocycles. The van der Waals surface area contributed by atoms with E-state index in [1.807, 2.05) is 13.8 Å². The van der Waals surface area contributed by atoms with Gasteiger partial charge in [0.2, 0.25) is 5.89 Å². The number of hydrogen-bond donors (Lipinski definition) is 0. The first-order valence-electron chi connectivity index (χ1n) is 8.22. The van der Waals surface area contributed by atoms with E-state index in [1.165, 1.54) is 24.7 Å². The minimum absolute atomic E-state index is 0.0589. The Bertz CT molecular complexity index is 923. The summed E-state index contributed by atoms with van der Waals surface area (Å²) in [5.74, 6) is 0.726. The van der Waals surface area contributed by atoms with E-state index in [-0.39, 0.29) is 23.6 Å². The lowest BCUT2D eigenvalue weighted by Crippen LogP contribution is -2.42. The van der Waals surface area contributed by atoms with Crippen molar-refractivity contribution in [3.05, 3.63) is 44.3 Å². The summed E-state index contributed by atoms with van der Waals surface area (Å²) in [5.41, 5.74) is -0.989. The predicted molar refractivity (Wildman–Crippen MR) is 88.3 cm³/mol. The highest BCUT2D eigenvalue weighted by Crippen LogP contribution is 2.32. The fraction of sp³-hybridized carbons (Fsp3) is 0.562. The van der Waals surface area contributed by atoms with Crippen LogP contribution in [-0.4, -0.2) is 36.6 Å². The molecule has 0 spiro atoms. The molecule has 2 aromatic heterocycles. The van der Waals surface area contributed by atoms with Crippen LogP contribution in [0.1, 0.15) is 60.9 Å². The van der Waals surface area contributed by atoms with Gasteiger partial charge in [-0.15, -0.1) is 0 Å². The molecule has 3 rings (SSSR count). The van der Waals surface area contributed by atoms with Crippen LogP contribution in [0.3, 0.4) is 0 Å². The summed E-state index contributed by atoms with van der Waals surface area (Å²) in [6.07, 6.45) is 1.48. The third-order valence-corrected chi connectivity index (χ3v) is 4.52. The van der Waals surface area contributed by atoms with Crippen LogP contribution in [0.4, 0.5) is 0 Å². The van der Waals surface area contributed by atoms with Gasteiger partial charge in [-0.05, 0) is 12.8 Å². The van der Waals surface area contributed by atoms with Gasteiger partial charge in [-0.2, -0.15) is 4.98 Å². The van der Waals surface area contributed by atoms with Gasteiger partial charge in [0.15, 0.2) is 5.82 Å². The van der Waals surface area contributed by atoms with Crippen molar-refractivity contribution in [1.82, 2.24) is 24.2 Å². The van der Waals surface area contributed by atoms with Crippen LogP contribution in [0.25, 0.3) is 0 Å². The topological polar surface area (TPSA) is 103 Å². The molecule has 0 N–H and O–H groups in total. The second-order valence-corrected chi connectivity index (χ2v) is 6.57. The predicted octanol–water partition coefficient (Wildman–Crippen LogP) is 0.568. The molecule has 0 bridgehead atoms. The first-order chi connectivity index (χ1) is 11.8. The highest BCUT2D eigenvalue weighted by Gasteiger charge is 2.35. The molecule has 0 unspecified atom stereocenters. The first-order valence-corrected chi connectivity index (χ1v) is 8.22. The Morgan fingerprint density at radius 2 is 2.00 bits per heavy atom. The third-order valence-electron chi connectivity index (χ3n) is 4.52. The van der Waals surface area contributed by atoms with E-state index in [9.17, 15) is 14.4 Å². The molecule has 9 nitrogen and oxygen atoms in total. The Labute approximate surface area is 143 Å². The molecule has 0 radical (unpaired) electrons. The lowest BCUT2D eigenvalue weighted by atomic mass is 10.2. The SMILES string of the molecule is CC(C)c1noc([C@H]2CCCN2C(=O)c2cc(=O)n(C)c(=O)n2C)n1. The molecule has 1 aliphatic rings. The summed E-state index contributed by atoms with van der Waals surface area (Å²) < 4.78 is 7.48. The number of aromatic nitrogens is 4. The van der Waals surface area contributed by atoms with Crippen LogP contribution in [0.5, 0.6) is 0 Å². The minimum atomic E-state index is -0.536.